The standard InChI is InChI=1S/C34H40N4O5S2Si/c1-34(2,3)43-31(41)29-28(15-10-18-39)45-32(36-29)37-17-16-23-11-9-12-24(25(23)21-37)30(40)38(22-42-19-20-46(4,5)6)33-35-26-13-7-8-14-27(26)44-33/h7-9,11-14,39H,16-22H2,1-6H3. The number of nitrogens with zero attached hydrogens (tertiary/aromatic N) is 4. The summed E-state index contributed by atoms with van der Waals surface area (Å²) in [6.45, 7) is 13.7. The molecule has 1 N–H and O–H groups in total. The van der Waals surface area contributed by atoms with Crippen molar-refractivity contribution in [3.63, 3.8) is 0 Å². The van der Waals surface area contributed by atoms with Crippen molar-refractivity contribution < 1.29 is 24.2 Å². The molecule has 2 aromatic heterocycles. The number of aliphatic hydroxyl groups is 1. The van der Waals surface area contributed by atoms with Gasteiger partial charge < -0.3 is 19.5 Å². The molecular formula is C34H40N4O5S2Si. The van der Waals surface area contributed by atoms with Crippen molar-refractivity contribution in [2.75, 3.05) is 36.3 Å². The number of esters is 1. The Bertz CT molecular complexity index is 1760. The minimum absolute atomic E-state index is 0.106. The van der Waals surface area contributed by atoms with Crippen LogP contribution in [0.3, 0.4) is 0 Å². The zero-order valence-corrected chi connectivity index (χ0v) is 29.8. The van der Waals surface area contributed by atoms with Gasteiger partial charge in [0.25, 0.3) is 5.91 Å². The Morgan fingerprint density at radius 2 is 1.87 bits per heavy atom. The van der Waals surface area contributed by atoms with E-state index < -0.39 is 19.6 Å². The first kappa shape index (κ1) is 33.8. The van der Waals surface area contributed by atoms with E-state index >= 15 is 0 Å². The quantitative estimate of drug-likeness (QED) is 0.0698. The predicted octanol–water partition coefficient (Wildman–Crippen LogP) is 6.57. The molecule has 9 nitrogen and oxygen atoms in total. The maximum atomic E-state index is 14.4. The largest absolute Gasteiger partial charge is 0.455 e. The van der Waals surface area contributed by atoms with Crippen molar-refractivity contribution in [2.45, 2.75) is 65.0 Å². The summed E-state index contributed by atoms with van der Waals surface area (Å²) < 4.78 is 12.7. The molecule has 3 heterocycles. The molecule has 5 rings (SSSR count). The second kappa shape index (κ2) is 14.0. The monoisotopic (exact) mass is 676 g/mol. The maximum Gasteiger partial charge on any atom is 0.359 e. The number of hydrogen-bond donors (Lipinski definition) is 1. The molecule has 12 heteroatoms. The molecule has 0 spiro atoms. The van der Waals surface area contributed by atoms with Crippen LogP contribution in [0.15, 0.2) is 42.5 Å². The van der Waals surface area contributed by atoms with E-state index in [0.717, 1.165) is 27.4 Å². The second-order valence-corrected chi connectivity index (χ2v) is 20.9. The maximum absolute atomic E-state index is 14.4. The molecule has 4 aromatic rings. The van der Waals surface area contributed by atoms with Crippen LogP contribution in [0.2, 0.25) is 25.7 Å². The van der Waals surface area contributed by atoms with E-state index in [1.54, 1.807) is 25.7 Å². The molecule has 0 unspecified atom stereocenters. The van der Waals surface area contributed by atoms with Crippen molar-refractivity contribution >= 4 is 63.1 Å². The van der Waals surface area contributed by atoms with Gasteiger partial charge >= 0.3 is 5.97 Å². The molecule has 2 aromatic carbocycles. The van der Waals surface area contributed by atoms with E-state index in [1.807, 2.05) is 36.4 Å². The lowest BCUT2D eigenvalue weighted by atomic mass is 9.94. The Labute approximate surface area is 279 Å². The molecular weight excluding hydrogens is 637 g/mol. The third-order valence-electron chi connectivity index (χ3n) is 7.24. The molecule has 1 aliphatic heterocycles. The van der Waals surface area contributed by atoms with Gasteiger partial charge in [-0.1, -0.05) is 78.4 Å². The number of anilines is 2. The third-order valence-corrected chi connectivity index (χ3v) is 11.0. The molecule has 46 heavy (non-hydrogen) atoms. The molecule has 0 saturated heterocycles. The highest BCUT2D eigenvalue weighted by Gasteiger charge is 2.30. The highest BCUT2D eigenvalue weighted by atomic mass is 32.1. The molecule has 0 radical (unpaired) electrons. The number of rotatable bonds is 9. The summed E-state index contributed by atoms with van der Waals surface area (Å²) in [6.07, 6.45) is 0.698. The smallest absolute Gasteiger partial charge is 0.359 e. The average molecular weight is 677 g/mol. The SMILES string of the molecule is CC(C)(C)OC(=O)c1nc(N2CCc3cccc(C(=O)N(COCC[Si](C)(C)C)c4nc5ccccc5s4)c3C2)sc1C#CCO. The number of carbonyl (C=O) groups excluding carboxylic acids is 2. The lowest BCUT2D eigenvalue weighted by Crippen LogP contribution is -2.37. The Kier molecular flexibility index (Phi) is 10.3. The predicted molar refractivity (Wildman–Crippen MR) is 188 cm³/mol. The Balaban J connectivity index is 1.46. The molecule has 1 aliphatic rings. The topological polar surface area (TPSA) is 105 Å². The van der Waals surface area contributed by atoms with E-state index in [2.05, 4.69) is 47.4 Å². The van der Waals surface area contributed by atoms with Gasteiger partial charge in [-0.3, -0.25) is 9.69 Å². The number of fused-ring (bicyclic) bond motifs is 2. The Morgan fingerprint density at radius 1 is 1.09 bits per heavy atom. The second-order valence-electron chi connectivity index (χ2n) is 13.3. The average Bonchev–Trinajstić information content (AvgIpc) is 3.62. The van der Waals surface area contributed by atoms with E-state index in [4.69, 9.17) is 14.5 Å². The van der Waals surface area contributed by atoms with Crippen molar-refractivity contribution in [3.05, 3.63) is 69.7 Å². The van der Waals surface area contributed by atoms with Gasteiger partial charge in [-0.05, 0) is 62.6 Å². The number of para-hydroxylation sites is 1. The summed E-state index contributed by atoms with van der Waals surface area (Å²) in [6, 6.07) is 14.7. The van der Waals surface area contributed by atoms with Crippen LogP contribution in [-0.4, -0.2) is 67.1 Å². The minimum Gasteiger partial charge on any atom is -0.455 e. The number of benzene rings is 2. The van der Waals surface area contributed by atoms with Gasteiger partial charge in [-0.25, -0.2) is 14.8 Å². The highest BCUT2D eigenvalue weighted by molar-refractivity contribution is 7.22. The van der Waals surface area contributed by atoms with E-state index in [1.165, 1.54) is 22.7 Å². The summed E-state index contributed by atoms with van der Waals surface area (Å²) in [5.41, 5.74) is 2.85. The normalized spacial score (nSPS) is 13.2. The fourth-order valence-corrected chi connectivity index (χ4v) is 7.58. The molecule has 0 bridgehead atoms. The van der Waals surface area contributed by atoms with E-state index in [0.29, 0.717) is 46.8 Å². The van der Waals surface area contributed by atoms with Crippen LogP contribution < -0.4 is 9.80 Å². The number of thiazole rings is 2. The number of aliphatic hydroxyl groups excluding tert-OH is 1. The van der Waals surface area contributed by atoms with Crippen LogP contribution in [0.4, 0.5) is 10.3 Å². The van der Waals surface area contributed by atoms with Crippen LogP contribution in [0.1, 0.15) is 57.6 Å². The van der Waals surface area contributed by atoms with Gasteiger partial charge in [0, 0.05) is 33.3 Å². The summed E-state index contributed by atoms with van der Waals surface area (Å²) in [4.78, 5) is 41.0. The summed E-state index contributed by atoms with van der Waals surface area (Å²) >= 11 is 2.75. The minimum atomic E-state index is -1.32. The van der Waals surface area contributed by atoms with Gasteiger partial charge in [-0.15, -0.1) is 0 Å². The summed E-state index contributed by atoms with van der Waals surface area (Å²) in [5.74, 6) is 4.76. The first-order valence-electron chi connectivity index (χ1n) is 15.3. The van der Waals surface area contributed by atoms with Crippen molar-refractivity contribution in [1.29, 1.82) is 0 Å². The van der Waals surface area contributed by atoms with Gasteiger partial charge in [0.1, 0.15) is 23.8 Å². The molecule has 0 atom stereocenters. The van der Waals surface area contributed by atoms with Gasteiger partial charge in [0.05, 0.1) is 10.2 Å². The zero-order chi connectivity index (χ0) is 33.1. The van der Waals surface area contributed by atoms with Crippen molar-refractivity contribution in [1.82, 2.24) is 9.97 Å². The van der Waals surface area contributed by atoms with Crippen LogP contribution in [0, 0.1) is 11.8 Å². The first-order valence-corrected chi connectivity index (χ1v) is 20.6. The van der Waals surface area contributed by atoms with Gasteiger partial charge in [0.2, 0.25) is 0 Å². The van der Waals surface area contributed by atoms with Crippen molar-refractivity contribution in [2.24, 2.45) is 0 Å². The van der Waals surface area contributed by atoms with Crippen LogP contribution >= 0.6 is 22.7 Å². The number of aromatic nitrogens is 2. The first-order chi connectivity index (χ1) is 21.8. The van der Waals surface area contributed by atoms with Crippen LogP contribution in [0.5, 0.6) is 0 Å². The van der Waals surface area contributed by atoms with E-state index in [9.17, 15) is 14.7 Å². The number of hydrogen-bond acceptors (Lipinski definition) is 10. The Morgan fingerprint density at radius 3 is 2.59 bits per heavy atom. The van der Waals surface area contributed by atoms with Gasteiger partial charge in [0.15, 0.2) is 16.0 Å². The van der Waals surface area contributed by atoms with Crippen molar-refractivity contribution in [3.8, 4) is 11.8 Å². The number of carbonyl (C=O) groups is 2. The molecule has 0 aliphatic carbocycles. The van der Waals surface area contributed by atoms with E-state index in [-0.39, 0.29) is 24.9 Å². The zero-order valence-electron chi connectivity index (χ0n) is 27.2. The lowest BCUT2D eigenvalue weighted by molar-refractivity contribution is 0.00633. The Hall–Kier alpha value is -3.60. The van der Waals surface area contributed by atoms with Crippen LogP contribution in [-0.2, 0) is 22.4 Å². The lowest BCUT2D eigenvalue weighted by Gasteiger charge is -2.31. The third kappa shape index (κ3) is 8.21. The fraction of sp³-hybridized carbons (Fsp3) is 0.412. The molecule has 1 amide bonds. The fourth-order valence-electron chi connectivity index (χ4n) is 4.91. The molecule has 242 valence electrons. The highest BCUT2D eigenvalue weighted by Crippen LogP contribution is 2.34. The number of amides is 1. The number of ether oxygens (including phenoxy) is 2. The molecule has 0 fully saturated rings. The summed E-state index contributed by atoms with van der Waals surface area (Å²) in [7, 11) is -1.32. The summed E-state index contributed by atoms with van der Waals surface area (Å²) in [5, 5.41) is 10.5. The van der Waals surface area contributed by atoms with Gasteiger partial charge in [-0.2, -0.15) is 0 Å². The van der Waals surface area contributed by atoms with Crippen LogP contribution in [0.25, 0.3) is 10.2 Å². The molecule has 0 saturated carbocycles.